The number of carbonyl (C=O) groups is 1. The van der Waals surface area contributed by atoms with E-state index in [4.69, 9.17) is 17.3 Å². The minimum absolute atomic E-state index is 0.0257. The van der Waals surface area contributed by atoms with E-state index in [-0.39, 0.29) is 12.5 Å². The standard InChI is InChI=1S/C10H18N4O2S/c1-4-13(5-2)9(16)7(3)14-8(6-15)11-12-10(14)17/h7,15H,4-6H2,1-3H3,(H,12,17). The fraction of sp³-hybridized carbons (Fsp3) is 0.700. The Morgan fingerprint density at radius 3 is 2.65 bits per heavy atom. The second kappa shape index (κ2) is 5.92. The molecule has 1 amide bonds. The summed E-state index contributed by atoms with van der Waals surface area (Å²) in [5.41, 5.74) is 0. The Labute approximate surface area is 105 Å². The van der Waals surface area contributed by atoms with Crippen molar-refractivity contribution in [3.63, 3.8) is 0 Å². The van der Waals surface area contributed by atoms with Gasteiger partial charge in [0.1, 0.15) is 12.6 Å². The predicted molar refractivity (Wildman–Crippen MR) is 66.0 cm³/mol. The van der Waals surface area contributed by atoms with Gasteiger partial charge in [0.05, 0.1) is 0 Å². The van der Waals surface area contributed by atoms with Gasteiger partial charge in [-0.3, -0.25) is 14.5 Å². The third-order valence-electron chi connectivity index (χ3n) is 2.74. The van der Waals surface area contributed by atoms with Crippen LogP contribution in [-0.4, -0.2) is 43.8 Å². The Kier molecular flexibility index (Phi) is 4.83. The molecule has 1 atom stereocenters. The Hall–Kier alpha value is -1.21. The fourth-order valence-electron chi connectivity index (χ4n) is 1.76. The van der Waals surface area contributed by atoms with Gasteiger partial charge < -0.3 is 10.0 Å². The quantitative estimate of drug-likeness (QED) is 0.768. The molecule has 0 fully saturated rings. The van der Waals surface area contributed by atoms with E-state index in [1.165, 1.54) is 0 Å². The lowest BCUT2D eigenvalue weighted by Crippen LogP contribution is -2.36. The summed E-state index contributed by atoms with van der Waals surface area (Å²) in [5.74, 6) is 0.352. The van der Waals surface area contributed by atoms with Gasteiger partial charge in [0.15, 0.2) is 10.6 Å². The average Bonchev–Trinajstić information content (AvgIpc) is 2.70. The molecule has 0 aliphatic heterocycles. The van der Waals surface area contributed by atoms with Crippen molar-refractivity contribution in [2.45, 2.75) is 33.4 Å². The highest BCUT2D eigenvalue weighted by Gasteiger charge is 2.22. The number of nitrogens with zero attached hydrogens (tertiary/aromatic N) is 3. The fourth-order valence-corrected chi connectivity index (χ4v) is 2.07. The van der Waals surface area contributed by atoms with Gasteiger partial charge in [0.25, 0.3) is 0 Å². The summed E-state index contributed by atoms with van der Waals surface area (Å²) in [7, 11) is 0. The van der Waals surface area contributed by atoms with Crippen LogP contribution in [0.3, 0.4) is 0 Å². The van der Waals surface area contributed by atoms with E-state index in [1.54, 1.807) is 16.4 Å². The highest BCUT2D eigenvalue weighted by atomic mass is 32.1. The van der Waals surface area contributed by atoms with Gasteiger partial charge in [0, 0.05) is 13.1 Å². The highest BCUT2D eigenvalue weighted by Crippen LogP contribution is 2.13. The van der Waals surface area contributed by atoms with Crippen LogP contribution in [0.5, 0.6) is 0 Å². The molecular weight excluding hydrogens is 240 g/mol. The number of H-pyrrole nitrogens is 1. The summed E-state index contributed by atoms with van der Waals surface area (Å²) in [6, 6.07) is -0.455. The molecule has 1 unspecified atom stereocenters. The average molecular weight is 258 g/mol. The number of nitrogens with one attached hydrogen (secondary N) is 1. The van der Waals surface area contributed by atoms with E-state index in [9.17, 15) is 4.79 Å². The number of aromatic amines is 1. The molecule has 1 heterocycles. The number of aliphatic hydroxyl groups excluding tert-OH is 1. The van der Waals surface area contributed by atoms with E-state index in [0.29, 0.717) is 23.7 Å². The molecule has 0 bridgehead atoms. The lowest BCUT2D eigenvalue weighted by atomic mass is 10.2. The maximum atomic E-state index is 12.2. The predicted octanol–water partition coefficient (Wildman–Crippen LogP) is 0.862. The van der Waals surface area contributed by atoms with Crippen LogP contribution in [0.1, 0.15) is 32.6 Å². The first kappa shape index (κ1) is 13.9. The minimum Gasteiger partial charge on any atom is -0.388 e. The first-order valence-electron chi connectivity index (χ1n) is 5.62. The van der Waals surface area contributed by atoms with Gasteiger partial charge in [-0.1, -0.05) is 0 Å². The third-order valence-corrected chi connectivity index (χ3v) is 3.03. The van der Waals surface area contributed by atoms with Crippen molar-refractivity contribution in [2.24, 2.45) is 0 Å². The molecule has 0 aliphatic carbocycles. The first-order valence-corrected chi connectivity index (χ1v) is 6.03. The number of likely N-dealkylation sites (N-methyl/N-ethyl adjacent to an activating group) is 1. The molecule has 0 saturated heterocycles. The van der Waals surface area contributed by atoms with Crippen LogP contribution in [-0.2, 0) is 11.4 Å². The van der Waals surface area contributed by atoms with E-state index in [2.05, 4.69) is 10.2 Å². The Bertz CT molecular complexity index is 436. The molecule has 0 spiro atoms. The lowest BCUT2D eigenvalue weighted by molar-refractivity contribution is -0.134. The summed E-state index contributed by atoms with van der Waals surface area (Å²) < 4.78 is 1.90. The lowest BCUT2D eigenvalue weighted by Gasteiger charge is -2.23. The summed E-state index contributed by atoms with van der Waals surface area (Å²) in [6.07, 6.45) is 0. The van der Waals surface area contributed by atoms with Crippen molar-refractivity contribution in [3.8, 4) is 0 Å². The monoisotopic (exact) mass is 258 g/mol. The second-order valence-electron chi connectivity index (χ2n) is 3.66. The molecular formula is C10H18N4O2S. The van der Waals surface area contributed by atoms with Crippen molar-refractivity contribution in [2.75, 3.05) is 13.1 Å². The number of aliphatic hydroxyl groups is 1. The van der Waals surface area contributed by atoms with Crippen LogP contribution >= 0.6 is 12.2 Å². The van der Waals surface area contributed by atoms with Crippen molar-refractivity contribution in [1.29, 1.82) is 0 Å². The SMILES string of the molecule is CCN(CC)C(=O)C(C)n1c(CO)n[nH]c1=S. The Morgan fingerprint density at radius 2 is 2.18 bits per heavy atom. The molecule has 0 radical (unpaired) electrons. The van der Waals surface area contributed by atoms with Gasteiger partial charge in [-0.05, 0) is 33.0 Å². The molecule has 0 saturated carbocycles. The second-order valence-corrected chi connectivity index (χ2v) is 4.05. The topological polar surface area (TPSA) is 74.2 Å². The van der Waals surface area contributed by atoms with Gasteiger partial charge >= 0.3 is 0 Å². The molecule has 0 aliphatic rings. The number of aromatic nitrogens is 3. The molecule has 2 N–H and O–H groups in total. The van der Waals surface area contributed by atoms with Crippen LogP contribution < -0.4 is 0 Å². The minimum atomic E-state index is -0.455. The molecule has 6 nitrogen and oxygen atoms in total. The molecule has 1 aromatic rings. The van der Waals surface area contributed by atoms with Crippen LogP contribution in [0, 0.1) is 4.77 Å². The van der Waals surface area contributed by atoms with Gasteiger partial charge in [-0.2, -0.15) is 5.10 Å². The molecule has 0 aromatic carbocycles. The Morgan fingerprint density at radius 1 is 1.59 bits per heavy atom. The summed E-state index contributed by atoms with van der Waals surface area (Å²) in [4.78, 5) is 13.9. The number of carbonyl (C=O) groups excluding carboxylic acids is 1. The van der Waals surface area contributed by atoms with Crippen LogP contribution in [0.25, 0.3) is 0 Å². The molecule has 1 aromatic heterocycles. The van der Waals surface area contributed by atoms with Gasteiger partial charge in [-0.15, -0.1) is 0 Å². The van der Waals surface area contributed by atoms with Gasteiger partial charge in [-0.25, -0.2) is 0 Å². The van der Waals surface area contributed by atoms with Crippen LogP contribution in [0.15, 0.2) is 0 Å². The zero-order valence-corrected chi connectivity index (χ0v) is 11.1. The number of amides is 1. The Balaban J connectivity index is 3.03. The summed E-state index contributed by atoms with van der Waals surface area (Å²) in [5, 5.41) is 15.6. The van der Waals surface area contributed by atoms with Crippen LogP contribution in [0.2, 0.25) is 0 Å². The zero-order valence-electron chi connectivity index (χ0n) is 10.3. The van der Waals surface area contributed by atoms with Gasteiger partial charge in [0.2, 0.25) is 5.91 Å². The first-order chi connectivity index (χ1) is 8.06. The maximum absolute atomic E-state index is 12.2. The summed E-state index contributed by atoms with van der Waals surface area (Å²) in [6.45, 7) is 6.66. The van der Waals surface area contributed by atoms with E-state index < -0.39 is 6.04 Å². The maximum Gasteiger partial charge on any atom is 0.245 e. The molecule has 1 rings (SSSR count). The van der Waals surface area contributed by atoms with Crippen molar-refractivity contribution >= 4 is 18.1 Å². The van der Waals surface area contributed by atoms with E-state index in [1.807, 2.05) is 13.8 Å². The third kappa shape index (κ3) is 2.73. The highest BCUT2D eigenvalue weighted by molar-refractivity contribution is 7.71. The van der Waals surface area contributed by atoms with Crippen molar-refractivity contribution in [3.05, 3.63) is 10.6 Å². The number of hydrogen-bond acceptors (Lipinski definition) is 4. The van der Waals surface area contributed by atoms with E-state index >= 15 is 0 Å². The van der Waals surface area contributed by atoms with Crippen molar-refractivity contribution in [1.82, 2.24) is 19.7 Å². The largest absolute Gasteiger partial charge is 0.388 e. The summed E-state index contributed by atoms with van der Waals surface area (Å²) >= 11 is 5.06. The van der Waals surface area contributed by atoms with E-state index in [0.717, 1.165) is 0 Å². The van der Waals surface area contributed by atoms with Crippen molar-refractivity contribution < 1.29 is 9.90 Å². The number of rotatable bonds is 5. The zero-order chi connectivity index (χ0) is 13.0. The molecule has 96 valence electrons. The molecule has 17 heavy (non-hydrogen) atoms. The molecule has 7 heteroatoms. The number of hydrogen-bond donors (Lipinski definition) is 2. The normalized spacial score (nSPS) is 12.5. The van der Waals surface area contributed by atoms with Crippen LogP contribution in [0.4, 0.5) is 0 Å². The smallest absolute Gasteiger partial charge is 0.245 e.